The third-order valence-corrected chi connectivity index (χ3v) is 5.57. The Morgan fingerprint density at radius 2 is 1.79 bits per heavy atom. The van der Waals surface area contributed by atoms with Gasteiger partial charge in [0.05, 0.1) is 12.3 Å². The van der Waals surface area contributed by atoms with E-state index in [4.69, 9.17) is 5.11 Å². The maximum atomic E-state index is 12.7. The standard InChI is InChI=1S/C23H28N2O4/c1-14(2)21(22(27)24-19-10-9-18(13-19)23(28)29)25-20(26)12-15-7-8-16-5-3-4-6-17(16)11-15/h3-8,11,14,18-19,21H,9-10,12-13H2,1-2H3,(H,24,27)(H,25,26)(H,28,29)/t18-,19+,21?/m1/s1. The molecule has 1 fully saturated rings. The van der Waals surface area contributed by atoms with Gasteiger partial charge in [0.15, 0.2) is 0 Å². The van der Waals surface area contributed by atoms with E-state index in [9.17, 15) is 14.4 Å². The van der Waals surface area contributed by atoms with E-state index >= 15 is 0 Å². The van der Waals surface area contributed by atoms with E-state index in [1.165, 1.54) is 0 Å². The summed E-state index contributed by atoms with van der Waals surface area (Å²) in [6.45, 7) is 3.77. The van der Waals surface area contributed by atoms with Crippen molar-refractivity contribution in [1.29, 1.82) is 0 Å². The number of carboxylic acids is 1. The highest BCUT2D eigenvalue weighted by Gasteiger charge is 2.33. The Bertz CT molecular complexity index is 909. The van der Waals surface area contributed by atoms with E-state index < -0.39 is 17.9 Å². The number of carboxylic acid groups (broad SMARTS) is 1. The molecule has 154 valence electrons. The lowest BCUT2D eigenvalue weighted by Gasteiger charge is -2.24. The molecule has 1 saturated carbocycles. The summed E-state index contributed by atoms with van der Waals surface area (Å²) < 4.78 is 0. The molecule has 0 aromatic heterocycles. The molecule has 0 bridgehead atoms. The van der Waals surface area contributed by atoms with Crippen molar-refractivity contribution in [3.05, 3.63) is 48.0 Å². The van der Waals surface area contributed by atoms with Crippen LogP contribution in [0.4, 0.5) is 0 Å². The van der Waals surface area contributed by atoms with Gasteiger partial charge in [-0.15, -0.1) is 0 Å². The number of carbonyl (C=O) groups is 3. The molecule has 0 saturated heterocycles. The summed E-state index contributed by atoms with van der Waals surface area (Å²) in [6.07, 6.45) is 1.86. The van der Waals surface area contributed by atoms with Crippen molar-refractivity contribution in [2.24, 2.45) is 11.8 Å². The number of hydrogen-bond acceptors (Lipinski definition) is 3. The zero-order valence-electron chi connectivity index (χ0n) is 16.9. The van der Waals surface area contributed by atoms with Crippen molar-refractivity contribution in [1.82, 2.24) is 10.6 Å². The van der Waals surface area contributed by atoms with E-state index in [-0.39, 0.29) is 30.2 Å². The quantitative estimate of drug-likeness (QED) is 0.671. The fraction of sp³-hybridized carbons (Fsp3) is 0.435. The number of hydrogen-bond donors (Lipinski definition) is 3. The maximum absolute atomic E-state index is 12.7. The van der Waals surface area contributed by atoms with Crippen molar-refractivity contribution in [3.63, 3.8) is 0 Å². The van der Waals surface area contributed by atoms with Gasteiger partial charge in [-0.25, -0.2) is 0 Å². The van der Waals surface area contributed by atoms with Gasteiger partial charge in [0, 0.05) is 6.04 Å². The minimum Gasteiger partial charge on any atom is -0.481 e. The van der Waals surface area contributed by atoms with Crippen LogP contribution in [0.1, 0.15) is 38.7 Å². The molecule has 2 amide bonds. The van der Waals surface area contributed by atoms with Gasteiger partial charge in [0.2, 0.25) is 11.8 Å². The minimum absolute atomic E-state index is 0.0766. The predicted molar refractivity (Wildman–Crippen MR) is 111 cm³/mol. The molecule has 29 heavy (non-hydrogen) atoms. The molecule has 1 unspecified atom stereocenters. The van der Waals surface area contributed by atoms with Crippen molar-refractivity contribution in [2.45, 2.75) is 51.6 Å². The van der Waals surface area contributed by atoms with Crippen LogP contribution in [0.5, 0.6) is 0 Å². The summed E-state index contributed by atoms with van der Waals surface area (Å²) in [5.41, 5.74) is 0.893. The molecule has 2 aromatic rings. The van der Waals surface area contributed by atoms with Gasteiger partial charge >= 0.3 is 5.97 Å². The first-order chi connectivity index (χ1) is 13.8. The van der Waals surface area contributed by atoms with Crippen molar-refractivity contribution >= 4 is 28.6 Å². The Morgan fingerprint density at radius 1 is 1.07 bits per heavy atom. The van der Waals surface area contributed by atoms with Crippen LogP contribution in [0, 0.1) is 11.8 Å². The fourth-order valence-electron chi connectivity index (χ4n) is 3.92. The second-order valence-corrected chi connectivity index (χ2v) is 8.20. The third-order valence-electron chi connectivity index (χ3n) is 5.57. The zero-order chi connectivity index (χ0) is 21.0. The number of rotatable bonds is 7. The van der Waals surface area contributed by atoms with Crippen LogP contribution in [0.3, 0.4) is 0 Å². The van der Waals surface area contributed by atoms with E-state index in [2.05, 4.69) is 10.6 Å². The van der Waals surface area contributed by atoms with E-state index in [0.717, 1.165) is 16.3 Å². The highest BCUT2D eigenvalue weighted by Crippen LogP contribution is 2.26. The number of benzene rings is 2. The molecule has 6 heteroatoms. The van der Waals surface area contributed by atoms with Crippen LogP contribution < -0.4 is 10.6 Å². The Morgan fingerprint density at radius 3 is 2.45 bits per heavy atom. The molecule has 2 aromatic carbocycles. The number of fused-ring (bicyclic) bond motifs is 1. The summed E-state index contributed by atoms with van der Waals surface area (Å²) in [4.78, 5) is 36.4. The van der Waals surface area contributed by atoms with Crippen molar-refractivity contribution in [3.8, 4) is 0 Å². The molecule has 3 N–H and O–H groups in total. The van der Waals surface area contributed by atoms with Crippen LogP contribution >= 0.6 is 0 Å². The zero-order valence-corrected chi connectivity index (χ0v) is 16.9. The van der Waals surface area contributed by atoms with Gasteiger partial charge in [0.25, 0.3) is 0 Å². The Labute approximate surface area is 170 Å². The molecule has 0 heterocycles. The summed E-state index contributed by atoms with van der Waals surface area (Å²) in [5.74, 6) is -1.75. The molecule has 3 rings (SSSR count). The lowest BCUT2D eigenvalue weighted by Crippen LogP contribution is -2.52. The van der Waals surface area contributed by atoms with Crippen LogP contribution in [0.25, 0.3) is 10.8 Å². The first-order valence-corrected chi connectivity index (χ1v) is 10.1. The summed E-state index contributed by atoms with van der Waals surface area (Å²) >= 11 is 0. The fourth-order valence-corrected chi connectivity index (χ4v) is 3.92. The largest absolute Gasteiger partial charge is 0.481 e. The summed E-state index contributed by atoms with van der Waals surface area (Å²) in [7, 11) is 0. The molecule has 1 aliphatic carbocycles. The highest BCUT2D eigenvalue weighted by molar-refractivity contribution is 5.90. The van der Waals surface area contributed by atoms with Gasteiger partial charge in [-0.3, -0.25) is 14.4 Å². The van der Waals surface area contributed by atoms with E-state index in [0.29, 0.717) is 19.3 Å². The number of amides is 2. The third kappa shape index (κ3) is 5.34. The van der Waals surface area contributed by atoms with Crippen LogP contribution in [0.2, 0.25) is 0 Å². The van der Waals surface area contributed by atoms with Crippen molar-refractivity contribution < 1.29 is 19.5 Å². The molecule has 0 spiro atoms. The molecular weight excluding hydrogens is 368 g/mol. The second kappa shape index (κ2) is 9.07. The predicted octanol–water partition coefficient (Wildman–Crippen LogP) is 2.89. The summed E-state index contributed by atoms with van der Waals surface area (Å²) in [5, 5.41) is 17.1. The molecule has 6 nitrogen and oxygen atoms in total. The van der Waals surface area contributed by atoms with Crippen LogP contribution in [0.15, 0.2) is 42.5 Å². The topological polar surface area (TPSA) is 95.5 Å². The SMILES string of the molecule is CC(C)C(NC(=O)Cc1ccc2ccccc2c1)C(=O)N[C@H]1CC[C@@H](C(=O)O)C1. The van der Waals surface area contributed by atoms with E-state index in [1.54, 1.807) is 0 Å². The lowest BCUT2D eigenvalue weighted by molar-refractivity contribution is -0.141. The molecule has 1 aliphatic rings. The molecule has 3 atom stereocenters. The Balaban J connectivity index is 1.59. The Hall–Kier alpha value is -2.89. The van der Waals surface area contributed by atoms with Crippen LogP contribution in [-0.2, 0) is 20.8 Å². The monoisotopic (exact) mass is 396 g/mol. The summed E-state index contributed by atoms with van der Waals surface area (Å²) in [6, 6.07) is 13.1. The van der Waals surface area contributed by atoms with Gasteiger partial charge < -0.3 is 15.7 Å². The van der Waals surface area contributed by atoms with Gasteiger partial charge in [0.1, 0.15) is 6.04 Å². The van der Waals surface area contributed by atoms with Gasteiger partial charge in [-0.2, -0.15) is 0 Å². The first-order valence-electron chi connectivity index (χ1n) is 10.1. The van der Waals surface area contributed by atoms with Gasteiger partial charge in [-0.05, 0) is 41.5 Å². The average Bonchev–Trinajstić information content (AvgIpc) is 3.14. The first kappa shape index (κ1) is 20.8. The molecule has 0 aliphatic heterocycles. The van der Waals surface area contributed by atoms with Crippen molar-refractivity contribution in [2.75, 3.05) is 0 Å². The number of nitrogens with one attached hydrogen (secondary N) is 2. The molecule has 0 radical (unpaired) electrons. The minimum atomic E-state index is -0.814. The average molecular weight is 396 g/mol. The van der Waals surface area contributed by atoms with Crippen LogP contribution in [-0.4, -0.2) is 35.0 Å². The van der Waals surface area contributed by atoms with Gasteiger partial charge in [-0.1, -0.05) is 56.3 Å². The molecular formula is C23H28N2O4. The second-order valence-electron chi connectivity index (χ2n) is 8.20. The number of carbonyl (C=O) groups excluding carboxylic acids is 2. The maximum Gasteiger partial charge on any atom is 0.306 e. The lowest BCUT2D eigenvalue weighted by atomic mass is 10.0. The Kier molecular flexibility index (Phi) is 6.52. The normalized spacial score (nSPS) is 19.8. The smallest absolute Gasteiger partial charge is 0.306 e. The number of aliphatic carboxylic acids is 1. The van der Waals surface area contributed by atoms with E-state index in [1.807, 2.05) is 56.3 Å². The highest BCUT2D eigenvalue weighted by atomic mass is 16.4.